The van der Waals surface area contributed by atoms with Crippen LogP contribution in [0.25, 0.3) is 0 Å². The Balaban J connectivity index is 1.88. The molecule has 0 spiro atoms. The van der Waals surface area contributed by atoms with Gasteiger partial charge in [0.1, 0.15) is 6.04 Å². The molecule has 5 heteroatoms. The van der Waals surface area contributed by atoms with Gasteiger partial charge in [0.25, 0.3) is 0 Å². The summed E-state index contributed by atoms with van der Waals surface area (Å²) < 4.78 is 0. The van der Waals surface area contributed by atoms with Crippen LogP contribution in [0.3, 0.4) is 0 Å². The Morgan fingerprint density at radius 1 is 0.857 bits per heavy atom. The second-order valence-electron chi connectivity index (χ2n) is 9.87. The molecule has 0 bridgehead atoms. The quantitative estimate of drug-likeness (QED) is 0.393. The molecule has 3 aromatic carbocycles. The van der Waals surface area contributed by atoms with Crippen molar-refractivity contribution in [1.29, 1.82) is 0 Å². The minimum atomic E-state index is -0.610. The molecule has 0 saturated carbocycles. The minimum absolute atomic E-state index is 0.0285. The van der Waals surface area contributed by atoms with Crippen LogP contribution in [-0.4, -0.2) is 34.0 Å². The van der Waals surface area contributed by atoms with Crippen molar-refractivity contribution in [3.8, 4) is 0 Å². The smallest absolute Gasteiger partial charge is 0.243 e. The Kier molecular flexibility index (Phi) is 9.55. The van der Waals surface area contributed by atoms with E-state index >= 15 is 0 Å². The molecule has 3 rings (SSSR count). The molecule has 1 N–H and O–H groups in total. The van der Waals surface area contributed by atoms with Gasteiger partial charge in [0.05, 0.1) is 5.75 Å². The number of aryl methyl sites for hydroxylation is 1. The van der Waals surface area contributed by atoms with E-state index in [1.54, 1.807) is 16.7 Å². The van der Waals surface area contributed by atoms with E-state index in [1.807, 2.05) is 100 Å². The van der Waals surface area contributed by atoms with Gasteiger partial charge in [-0.1, -0.05) is 84.9 Å². The largest absolute Gasteiger partial charge is 0.350 e. The zero-order chi connectivity index (χ0) is 25.3. The third-order valence-electron chi connectivity index (χ3n) is 5.71. The number of nitrogens with zero attached hydrogens (tertiary/aromatic N) is 1. The zero-order valence-corrected chi connectivity index (χ0v) is 22.0. The summed E-state index contributed by atoms with van der Waals surface area (Å²) in [7, 11) is 0. The topological polar surface area (TPSA) is 49.4 Å². The maximum absolute atomic E-state index is 13.7. The van der Waals surface area contributed by atoms with Crippen LogP contribution in [0, 0.1) is 6.92 Å². The first-order valence-electron chi connectivity index (χ1n) is 12.0. The second-order valence-corrected chi connectivity index (χ2v) is 10.9. The van der Waals surface area contributed by atoms with E-state index in [4.69, 9.17) is 0 Å². The molecule has 0 radical (unpaired) electrons. The minimum Gasteiger partial charge on any atom is -0.350 e. The molecule has 0 aliphatic carbocycles. The molecule has 0 fully saturated rings. The number of hydrogen-bond acceptors (Lipinski definition) is 3. The van der Waals surface area contributed by atoms with E-state index in [0.717, 1.165) is 22.4 Å². The molecule has 35 heavy (non-hydrogen) atoms. The first-order chi connectivity index (χ1) is 16.7. The normalized spacial score (nSPS) is 12.1. The maximum atomic E-state index is 13.7. The van der Waals surface area contributed by atoms with Gasteiger partial charge in [-0.3, -0.25) is 9.59 Å². The number of benzene rings is 3. The van der Waals surface area contributed by atoms with Crippen LogP contribution in [0.5, 0.6) is 0 Å². The first-order valence-corrected chi connectivity index (χ1v) is 13.2. The molecule has 0 aliphatic rings. The van der Waals surface area contributed by atoms with E-state index < -0.39 is 11.6 Å². The number of rotatable bonds is 10. The molecular formula is C30H36N2O2S. The highest BCUT2D eigenvalue weighted by atomic mass is 32.2. The van der Waals surface area contributed by atoms with Gasteiger partial charge in [-0.15, -0.1) is 11.8 Å². The number of thioether (sulfide) groups is 1. The highest BCUT2D eigenvalue weighted by Crippen LogP contribution is 2.20. The average molecular weight is 489 g/mol. The van der Waals surface area contributed by atoms with Crippen LogP contribution in [-0.2, 0) is 28.3 Å². The van der Waals surface area contributed by atoms with Crippen molar-refractivity contribution < 1.29 is 9.59 Å². The van der Waals surface area contributed by atoms with Crippen molar-refractivity contribution in [2.75, 3.05) is 5.75 Å². The van der Waals surface area contributed by atoms with Crippen LogP contribution in [0.2, 0.25) is 0 Å². The summed E-state index contributed by atoms with van der Waals surface area (Å²) >= 11 is 1.58. The lowest BCUT2D eigenvalue weighted by molar-refractivity contribution is -0.140. The Hall–Kier alpha value is -3.05. The van der Waals surface area contributed by atoms with Crippen molar-refractivity contribution in [3.05, 3.63) is 107 Å². The molecule has 4 nitrogen and oxygen atoms in total. The van der Waals surface area contributed by atoms with Gasteiger partial charge in [0.15, 0.2) is 0 Å². The van der Waals surface area contributed by atoms with Gasteiger partial charge in [-0.2, -0.15) is 0 Å². The molecular weight excluding hydrogens is 452 g/mol. The van der Waals surface area contributed by atoms with Crippen molar-refractivity contribution in [2.24, 2.45) is 0 Å². The third kappa shape index (κ3) is 8.59. The van der Waals surface area contributed by atoms with E-state index in [9.17, 15) is 9.59 Å². The fraction of sp³-hybridized carbons (Fsp3) is 0.333. The second kappa shape index (κ2) is 12.6. The van der Waals surface area contributed by atoms with Gasteiger partial charge in [-0.05, 0) is 49.9 Å². The lowest BCUT2D eigenvalue weighted by atomic mass is 10.00. The summed E-state index contributed by atoms with van der Waals surface area (Å²) in [6.45, 7) is 8.34. The molecule has 0 heterocycles. The Morgan fingerprint density at radius 3 is 2.03 bits per heavy atom. The van der Waals surface area contributed by atoms with Crippen LogP contribution in [0.4, 0.5) is 0 Å². The standard InChI is InChI=1S/C30H36N2O2S/c1-23-13-11-12-18-26(23)20-32(28(33)22-35-21-25-16-9-6-10-17-25)27(29(34)31-30(2,3)4)19-24-14-7-5-8-15-24/h5-18,27H,19-22H2,1-4H3,(H,31,34)/t27-/m0/s1. The van der Waals surface area contributed by atoms with Crippen molar-refractivity contribution >= 4 is 23.6 Å². The van der Waals surface area contributed by atoms with Crippen LogP contribution < -0.4 is 5.32 Å². The number of hydrogen-bond donors (Lipinski definition) is 1. The predicted molar refractivity (Wildman–Crippen MR) is 146 cm³/mol. The monoisotopic (exact) mass is 488 g/mol. The maximum Gasteiger partial charge on any atom is 0.243 e. The van der Waals surface area contributed by atoms with Crippen LogP contribution in [0.15, 0.2) is 84.9 Å². The highest BCUT2D eigenvalue weighted by Gasteiger charge is 2.32. The molecule has 1 atom stereocenters. The Morgan fingerprint density at radius 2 is 1.43 bits per heavy atom. The molecule has 0 saturated heterocycles. The summed E-state index contributed by atoms with van der Waals surface area (Å²) in [5, 5.41) is 3.12. The van der Waals surface area contributed by atoms with Crippen LogP contribution >= 0.6 is 11.8 Å². The van der Waals surface area contributed by atoms with Crippen LogP contribution in [0.1, 0.15) is 43.0 Å². The van der Waals surface area contributed by atoms with Crippen molar-refractivity contribution in [1.82, 2.24) is 10.2 Å². The molecule has 2 amide bonds. The third-order valence-corrected chi connectivity index (χ3v) is 6.70. The predicted octanol–water partition coefficient (Wildman–Crippen LogP) is 5.78. The van der Waals surface area contributed by atoms with E-state index in [1.165, 1.54) is 5.56 Å². The number of nitrogens with one attached hydrogen (secondary N) is 1. The van der Waals surface area contributed by atoms with E-state index in [2.05, 4.69) is 17.4 Å². The van der Waals surface area contributed by atoms with Gasteiger partial charge >= 0.3 is 0 Å². The number of carbonyl (C=O) groups is 2. The summed E-state index contributed by atoms with van der Waals surface area (Å²) in [6, 6.07) is 27.5. The molecule has 3 aromatic rings. The lowest BCUT2D eigenvalue weighted by Gasteiger charge is -2.34. The fourth-order valence-electron chi connectivity index (χ4n) is 3.89. The Bertz CT molecular complexity index is 1090. The Labute approximate surface area is 214 Å². The number of amides is 2. The SMILES string of the molecule is Cc1ccccc1CN(C(=O)CSCc1ccccc1)[C@@H](Cc1ccccc1)C(=O)NC(C)(C)C. The highest BCUT2D eigenvalue weighted by molar-refractivity contribution is 7.99. The summed E-state index contributed by atoms with van der Waals surface area (Å²) in [6.07, 6.45) is 0.462. The first kappa shape index (κ1) is 26.6. The summed E-state index contributed by atoms with van der Waals surface area (Å²) in [5.74, 6) is 0.910. The van der Waals surface area contributed by atoms with Gasteiger partial charge < -0.3 is 10.2 Å². The average Bonchev–Trinajstić information content (AvgIpc) is 2.82. The van der Waals surface area contributed by atoms with Gasteiger partial charge in [0.2, 0.25) is 11.8 Å². The molecule has 0 unspecified atom stereocenters. The van der Waals surface area contributed by atoms with Crippen molar-refractivity contribution in [2.45, 2.75) is 58.0 Å². The van der Waals surface area contributed by atoms with Gasteiger partial charge in [-0.25, -0.2) is 0 Å². The van der Waals surface area contributed by atoms with E-state index in [-0.39, 0.29) is 11.8 Å². The molecule has 0 aromatic heterocycles. The number of carbonyl (C=O) groups excluding carboxylic acids is 2. The summed E-state index contributed by atoms with van der Waals surface area (Å²) in [5.41, 5.74) is 3.97. The van der Waals surface area contributed by atoms with Crippen molar-refractivity contribution in [3.63, 3.8) is 0 Å². The zero-order valence-electron chi connectivity index (χ0n) is 21.2. The van der Waals surface area contributed by atoms with E-state index in [0.29, 0.717) is 18.7 Å². The lowest BCUT2D eigenvalue weighted by Crippen LogP contribution is -2.54. The fourth-order valence-corrected chi connectivity index (χ4v) is 4.76. The molecule has 184 valence electrons. The molecule has 0 aliphatic heterocycles. The van der Waals surface area contributed by atoms with Gasteiger partial charge in [0, 0.05) is 24.3 Å². The summed E-state index contributed by atoms with van der Waals surface area (Å²) in [4.78, 5) is 29.0.